The Morgan fingerprint density at radius 3 is 2.50 bits per heavy atom. The van der Waals surface area contributed by atoms with Crippen molar-refractivity contribution in [2.24, 2.45) is 5.92 Å². The molecule has 0 saturated carbocycles. The lowest BCUT2D eigenvalue weighted by atomic mass is 9.95. The zero-order valence-electron chi connectivity index (χ0n) is 12.5. The number of piperidine rings is 1. The molecule has 2 N–H and O–H groups in total. The highest BCUT2D eigenvalue weighted by Gasteiger charge is 2.37. The van der Waals surface area contributed by atoms with Crippen molar-refractivity contribution in [2.45, 2.75) is 19.0 Å². The molecule has 1 saturated heterocycles. The minimum Gasteiger partial charge on any atom is -0.465 e. The van der Waals surface area contributed by atoms with Crippen LogP contribution in [0.15, 0.2) is 18.2 Å². The van der Waals surface area contributed by atoms with Gasteiger partial charge in [0.15, 0.2) is 0 Å². The molecule has 0 aromatic heterocycles. The maximum Gasteiger partial charge on any atom is 0.418 e. The van der Waals surface area contributed by atoms with Gasteiger partial charge in [-0.3, -0.25) is 10.1 Å². The molecule has 2 rings (SSSR count). The van der Waals surface area contributed by atoms with E-state index in [0.717, 1.165) is 12.1 Å². The molecule has 1 amide bonds. The number of benzene rings is 1. The number of halogens is 3. The molecule has 0 bridgehead atoms. The Morgan fingerprint density at radius 2 is 2.00 bits per heavy atom. The summed E-state index contributed by atoms with van der Waals surface area (Å²) in [6.07, 6.45) is -4.75. The van der Waals surface area contributed by atoms with Gasteiger partial charge in [-0.2, -0.15) is 13.2 Å². The van der Waals surface area contributed by atoms with Gasteiger partial charge in [-0.05, 0) is 24.8 Å². The summed E-state index contributed by atoms with van der Waals surface area (Å²) in [5.74, 6) is 0.0599. The molecule has 1 heterocycles. The van der Waals surface area contributed by atoms with Crippen LogP contribution in [0.5, 0.6) is 0 Å². The van der Waals surface area contributed by atoms with Gasteiger partial charge in [0.1, 0.15) is 0 Å². The van der Waals surface area contributed by atoms with Crippen LogP contribution >= 0.6 is 0 Å². The Labute approximate surface area is 135 Å². The predicted molar refractivity (Wildman–Crippen MR) is 79.1 cm³/mol. The summed E-state index contributed by atoms with van der Waals surface area (Å²) in [6, 6.07) is 2.73. The maximum absolute atomic E-state index is 13.2. The van der Waals surface area contributed by atoms with Gasteiger partial charge in [0.25, 0.3) is 5.69 Å². The first-order valence-corrected chi connectivity index (χ1v) is 7.26. The Balaban J connectivity index is 2.15. The minimum absolute atomic E-state index is 0.0599. The van der Waals surface area contributed by atoms with Crippen LogP contribution in [0.1, 0.15) is 18.4 Å². The summed E-state index contributed by atoms with van der Waals surface area (Å²) in [6.45, 7) is 0.912. The number of nitrogens with zero attached hydrogens (tertiary/aromatic N) is 2. The monoisotopic (exact) mass is 347 g/mol. The van der Waals surface area contributed by atoms with E-state index in [1.807, 2.05) is 0 Å². The Morgan fingerprint density at radius 1 is 1.38 bits per heavy atom. The van der Waals surface area contributed by atoms with E-state index in [9.17, 15) is 28.1 Å². The summed E-state index contributed by atoms with van der Waals surface area (Å²) in [5.41, 5.74) is -1.72. The summed E-state index contributed by atoms with van der Waals surface area (Å²) in [4.78, 5) is 21.8. The normalized spacial score (nSPS) is 16.0. The van der Waals surface area contributed by atoms with Crippen LogP contribution in [0.2, 0.25) is 0 Å². The van der Waals surface area contributed by atoms with Gasteiger partial charge in [0, 0.05) is 37.5 Å². The Bertz CT molecular complexity index is 628. The molecule has 0 radical (unpaired) electrons. The van der Waals surface area contributed by atoms with Gasteiger partial charge in [0.2, 0.25) is 0 Å². The van der Waals surface area contributed by atoms with Crippen molar-refractivity contribution in [3.05, 3.63) is 33.9 Å². The summed E-state index contributed by atoms with van der Waals surface area (Å²) >= 11 is 0. The average molecular weight is 347 g/mol. The topological polar surface area (TPSA) is 95.7 Å². The Kier molecular flexibility index (Phi) is 5.15. The van der Waals surface area contributed by atoms with Gasteiger partial charge in [-0.15, -0.1) is 0 Å². The fourth-order valence-electron chi connectivity index (χ4n) is 2.75. The molecule has 1 aromatic carbocycles. The molecule has 132 valence electrons. The fraction of sp³-hybridized carbons (Fsp3) is 0.500. The molecule has 0 spiro atoms. The number of nitrogens with one attached hydrogen (secondary N) is 1. The number of hydrogen-bond acceptors (Lipinski definition) is 4. The molecule has 1 aromatic rings. The second-order valence-corrected chi connectivity index (χ2v) is 5.57. The molecule has 1 aliphatic rings. The lowest BCUT2D eigenvalue weighted by Crippen LogP contribution is -2.39. The first kappa shape index (κ1) is 17.8. The van der Waals surface area contributed by atoms with Crippen LogP contribution in [0.3, 0.4) is 0 Å². The summed E-state index contributed by atoms with van der Waals surface area (Å²) in [7, 11) is 0. The molecule has 0 aliphatic carbocycles. The third-order valence-corrected chi connectivity index (χ3v) is 3.99. The second-order valence-electron chi connectivity index (χ2n) is 5.57. The van der Waals surface area contributed by atoms with Crippen LogP contribution < -0.4 is 10.2 Å². The SMILES string of the molecule is O=C(O)NCC1CCN(c2ccc([N+](=O)[O-])cc2C(F)(F)F)CC1. The van der Waals surface area contributed by atoms with Crippen LogP contribution in [-0.4, -0.2) is 35.8 Å². The number of carboxylic acid groups (broad SMARTS) is 1. The third kappa shape index (κ3) is 4.27. The molecular formula is C14H16F3N3O4. The number of nitro benzene ring substituents is 1. The lowest BCUT2D eigenvalue weighted by molar-refractivity contribution is -0.385. The standard InChI is InChI=1S/C14H16F3N3O4/c15-14(16,17)11-7-10(20(23)24)1-2-12(11)19-5-3-9(4-6-19)8-18-13(21)22/h1-2,7,9,18H,3-6,8H2,(H,21,22). The van der Waals surface area contributed by atoms with E-state index in [2.05, 4.69) is 5.32 Å². The van der Waals surface area contributed by atoms with Crippen molar-refractivity contribution < 1.29 is 28.0 Å². The Hall–Kier alpha value is -2.52. The molecule has 0 unspecified atom stereocenters. The van der Waals surface area contributed by atoms with E-state index in [-0.39, 0.29) is 18.2 Å². The van der Waals surface area contributed by atoms with Crippen molar-refractivity contribution in [1.29, 1.82) is 0 Å². The second kappa shape index (κ2) is 6.93. The van der Waals surface area contributed by atoms with E-state index in [0.29, 0.717) is 32.0 Å². The smallest absolute Gasteiger partial charge is 0.418 e. The highest BCUT2D eigenvalue weighted by Crippen LogP contribution is 2.39. The van der Waals surface area contributed by atoms with Crippen molar-refractivity contribution in [3.8, 4) is 0 Å². The van der Waals surface area contributed by atoms with E-state index >= 15 is 0 Å². The number of anilines is 1. The van der Waals surface area contributed by atoms with Crippen LogP contribution in [-0.2, 0) is 6.18 Å². The highest BCUT2D eigenvalue weighted by atomic mass is 19.4. The zero-order valence-corrected chi connectivity index (χ0v) is 12.5. The predicted octanol–water partition coefficient (Wildman–Crippen LogP) is 3.10. The van der Waals surface area contributed by atoms with Gasteiger partial charge in [0.05, 0.1) is 10.5 Å². The average Bonchev–Trinajstić information content (AvgIpc) is 2.52. The number of rotatable bonds is 4. The molecule has 24 heavy (non-hydrogen) atoms. The number of amides is 1. The van der Waals surface area contributed by atoms with Gasteiger partial charge < -0.3 is 15.3 Å². The van der Waals surface area contributed by atoms with E-state index in [4.69, 9.17) is 5.11 Å². The third-order valence-electron chi connectivity index (χ3n) is 3.99. The fourth-order valence-corrected chi connectivity index (χ4v) is 2.75. The summed E-state index contributed by atoms with van der Waals surface area (Å²) in [5, 5.41) is 21.5. The van der Waals surface area contributed by atoms with Crippen LogP contribution in [0.4, 0.5) is 29.3 Å². The molecule has 0 atom stereocenters. The van der Waals surface area contributed by atoms with Gasteiger partial charge in [-0.1, -0.05) is 0 Å². The largest absolute Gasteiger partial charge is 0.465 e. The number of nitro groups is 1. The van der Waals surface area contributed by atoms with Crippen LogP contribution in [0.25, 0.3) is 0 Å². The van der Waals surface area contributed by atoms with E-state index < -0.39 is 28.4 Å². The van der Waals surface area contributed by atoms with E-state index in [1.165, 1.54) is 4.90 Å². The quantitative estimate of drug-likeness (QED) is 0.644. The molecular weight excluding hydrogens is 331 g/mol. The lowest BCUT2D eigenvalue weighted by Gasteiger charge is -2.34. The number of carbonyl (C=O) groups is 1. The van der Waals surface area contributed by atoms with E-state index in [1.54, 1.807) is 0 Å². The number of alkyl halides is 3. The first-order chi connectivity index (χ1) is 11.2. The van der Waals surface area contributed by atoms with Gasteiger partial charge >= 0.3 is 12.3 Å². The highest BCUT2D eigenvalue weighted by molar-refractivity contribution is 5.64. The molecule has 10 heteroatoms. The van der Waals surface area contributed by atoms with Crippen LogP contribution in [0, 0.1) is 16.0 Å². The number of hydrogen-bond donors (Lipinski definition) is 2. The van der Waals surface area contributed by atoms with Crippen molar-refractivity contribution in [2.75, 3.05) is 24.5 Å². The minimum atomic E-state index is -4.69. The van der Waals surface area contributed by atoms with Gasteiger partial charge in [-0.25, -0.2) is 4.79 Å². The van der Waals surface area contributed by atoms with Crippen molar-refractivity contribution in [3.63, 3.8) is 0 Å². The zero-order chi connectivity index (χ0) is 17.9. The first-order valence-electron chi connectivity index (χ1n) is 7.26. The maximum atomic E-state index is 13.2. The summed E-state index contributed by atoms with van der Waals surface area (Å²) < 4.78 is 39.6. The molecule has 1 aliphatic heterocycles. The molecule has 1 fully saturated rings. The van der Waals surface area contributed by atoms with Crippen molar-refractivity contribution >= 4 is 17.5 Å². The number of non-ortho nitro benzene ring substituents is 1. The molecule has 7 nitrogen and oxygen atoms in total. The van der Waals surface area contributed by atoms with Crippen molar-refractivity contribution in [1.82, 2.24) is 5.32 Å².